The number of hydrogen-bond donors (Lipinski definition) is 0. The zero-order chi connectivity index (χ0) is 33.7. The molecule has 2 aromatic heterocycles. The molecule has 0 aliphatic rings. The molecule has 8 aromatic carbocycles. The van der Waals surface area contributed by atoms with Crippen LogP contribution in [0, 0.1) is 0 Å². The van der Waals surface area contributed by atoms with E-state index in [1.807, 2.05) is 30.3 Å². The third-order valence-electron chi connectivity index (χ3n) is 9.77. The van der Waals surface area contributed by atoms with Crippen LogP contribution in [-0.2, 0) is 0 Å². The Labute approximate surface area is 295 Å². The number of benzene rings is 8. The van der Waals surface area contributed by atoms with E-state index in [1.165, 1.54) is 27.4 Å². The second-order valence-corrected chi connectivity index (χ2v) is 12.8. The topological polar surface area (TPSA) is 34.2 Å². The number of para-hydroxylation sites is 2. The van der Waals surface area contributed by atoms with Crippen LogP contribution in [0.1, 0.15) is 0 Å². The fraction of sp³-hybridized carbons (Fsp3) is 0. The Morgan fingerprint density at radius 3 is 1.90 bits per heavy atom. The van der Waals surface area contributed by atoms with Crippen molar-refractivity contribution < 1.29 is 4.42 Å². The van der Waals surface area contributed by atoms with Gasteiger partial charge < -0.3 is 13.9 Å². The first kappa shape index (κ1) is 29.0. The summed E-state index contributed by atoms with van der Waals surface area (Å²) in [5.74, 6) is 0.629. The van der Waals surface area contributed by atoms with Crippen molar-refractivity contribution >= 4 is 60.7 Å². The summed E-state index contributed by atoms with van der Waals surface area (Å²) in [6, 6.07) is 66.4. The van der Waals surface area contributed by atoms with Crippen molar-refractivity contribution in [3.8, 4) is 28.3 Å². The average molecular weight is 654 g/mol. The summed E-state index contributed by atoms with van der Waals surface area (Å²) in [4.78, 5) is 7.18. The van der Waals surface area contributed by atoms with Gasteiger partial charge in [0.25, 0.3) is 0 Å². The Morgan fingerprint density at radius 2 is 1.08 bits per heavy atom. The van der Waals surface area contributed by atoms with Crippen molar-refractivity contribution in [2.24, 2.45) is 0 Å². The van der Waals surface area contributed by atoms with Gasteiger partial charge in [0.05, 0.1) is 11.0 Å². The molecule has 0 aliphatic carbocycles. The van der Waals surface area contributed by atoms with E-state index >= 15 is 0 Å². The number of oxazole rings is 1. The number of anilines is 3. The molecule has 0 radical (unpaired) electrons. The van der Waals surface area contributed by atoms with Crippen LogP contribution < -0.4 is 4.90 Å². The highest BCUT2D eigenvalue weighted by molar-refractivity contribution is 6.11. The van der Waals surface area contributed by atoms with Gasteiger partial charge in [-0.05, 0) is 101 Å². The molecular formula is C47H31N3O. The Hall–Kier alpha value is -6.91. The fourth-order valence-corrected chi connectivity index (χ4v) is 7.40. The normalized spacial score (nSPS) is 11.5. The van der Waals surface area contributed by atoms with Gasteiger partial charge in [-0.1, -0.05) is 103 Å². The van der Waals surface area contributed by atoms with E-state index in [4.69, 9.17) is 9.40 Å². The standard InChI is InChI=1S/C47H31N3O/c1-4-13-32(14-5-1)34-17-12-20-37(29-34)49(38-24-26-40-35(30-38)23-27-43-46(40)51-47(48-43)33-15-6-2-7-16-33)39-25-28-45-42(31-39)41-21-10-11-22-44(41)50(45)36-18-8-3-9-19-36/h1-31H. The highest BCUT2D eigenvalue weighted by atomic mass is 16.3. The maximum absolute atomic E-state index is 6.40. The molecule has 2 heterocycles. The number of fused-ring (bicyclic) bond motifs is 6. The Balaban J connectivity index is 1.17. The van der Waals surface area contributed by atoms with Crippen molar-refractivity contribution in [3.05, 3.63) is 188 Å². The molecule has 240 valence electrons. The van der Waals surface area contributed by atoms with Crippen molar-refractivity contribution in [1.82, 2.24) is 9.55 Å². The first-order valence-corrected chi connectivity index (χ1v) is 17.2. The van der Waals surface area contributed by atoms with E-state index in [1.54, 1.807) is 0 Å². The second kappa shape index (κ2) is 11.9. The molecule has 0 unspecified atom stereocenters. The fourth-order valence-electron chi connectivity index (χ4n) is 7.40. The van der Waals surface area contributed by atoms with Crippen LogP contribution in [0.15, 0.2) is 192 Å². The van der Waals surface area contributed by atoms with Gasteiger partial charge in [0.2, 0.25) is 5.89 Å². The lowest BCUT2D eigenvalue weighted by Crippen LogP contribution is -2.10. The maximum Gasteiger partial charge on any atom is 0.227 e. The minimum Gasteiger partial charge on any atom is -0.435 e. The molecule has 51 heavy (non-hydrogen) atoms. The van der Waals surface area contributed by atoms with Gasteiger partial charge in [-0.3, -0.25) is 0 Å². The van der Waals surface area contributed by atoms with Crippen molar-refractivity contribution in [1.29, 1.82) is 0 Å². The van der Waals surface area contributed by atoms with Gasteiger partial charge in [0.15, 0.2) is 5.58 Å². The molecule has 0 bridgehead atoms. The highest BCUT2D eigenvalue weighted by Crippen LogP contribution is 2.42. The maximum atomic E-state index is 6.40. The summed E-state index contributed by atoms with van der Waals surface area (Å²) in [5.41, 5.74) is 11.7. The van der Waals surface area contributed by atoms with Crippen molar-refractivity contribution in [2.75, 3.05) is 4.90 Å². The van der Waals surface area contributed by atoms with Crippen molar-refractivity contribution in [2.45, 2.75) is 0 Å². The van der Waals surface area contributed by atoms with Gasteiger partial charge in [0, 0.05) is 44.5 Å². The largest absolute Gasteiger partial charge is 0.435 e. The number of rotatable bonds is 6. The molecule has 0 amide bonds. The first-order valence-electron chi connectivity index (χ1n) is 17.2. The average Bonchev–Trinajstić information content (AvgIpc) is 3.79. The number of nitrogens with zero attached hydrogens (tertiary/aromatic N) is 3. The molecule has 0 saturated carbocycles. The summed E-state index contributed by atoms with van der Waals surface area (Å²) < 4.78 is 8.76. The van der Waals surface area contributed by atoms with Gasteiger partial charge in [-0.2, -0.15) is 0 Å². The molecule has 0 saturated heterocycles. The van der Waals surface area contributed by atoms with E-state index < -0.39 is 0 Å². The van der Waals surface area contributed by atoms with E-state index in [0.29, 0.717) is 5.89 Å². The molecule has 4 nitrogen and oxygen atoms in total. The molecular weight excluding hydrogens is 623 g/mol. The van der Waals surface area contributed by atoms with E-state index in [0.717, 1.165) is 55.7 Å². The predicted octanol–water partition coefficient (Wildman–Crippen LogP) is 12.9. The molecule has 0 spiro atoms. The summed E-state index contributed by atoms with van der Waals surface area (Å²) >= 11 is 0. The van der Waals surface area contributed by atoms with E-state index in [-0.39, 0.29) is 0 Å². The summed E-state index contributed by atoms with van der Waals surface area (Å²) in [6.07, 6.45) is 0. The zero-order valence-electron chi connectivity index (χ0n) is 27.6. The van der Waals surface area contributed by atoms with Gasteiger partial charge in [-0.15, -0.1) is 0 Å². The minimum atomic E-state index is 0.629. The van der Waals surface area contributed by atoms with E-state index in [9.17, 15) is 0 Å². The number of hydrogen-bond acceptors (Lipinski definition) is 3. The minimum absolute atomic E-state index is 0.629. The first-order chi connectivity index (χ1) is 25.3. The third kappa shape index (κ3) is 4.96. The molecule has 10 rings (SSSR count). The van der Waals surface area contributed by atoms with Gasteiger partial charge in [-0.25, -0.2) is 4.98 Å². The van der Waals surface area contributed by atoms with Crippen LogP contribution in [-0.4, -0.2) is 9.55 Å². The van der Waals surface area contributed by atoms with Crippen LogP contribution >= 0.6 is 0 Å². The van der Waals surface area contributed by atoms with E-state index in [2.05, 4.69) is 167 Å². The molecule has 4 heteroatoms. The zero-order valence-corrected chi connectivity index (χ0v) is 27.6. The molecule has 0 N–H and O–H groups in total. The number of aromatic nitrogens is 2. The lowest BCUT2D eigenvalue weighted by Gasteiger charge is -2.26. The summed E-state index contributed by atoms with van der Waals surface area (Å²) in [6.45, 7) is 0. The third-order valence-corrected chi connectivity index (χ3v) is 9.77. The molecule has 0 fully saturated rings. The summed E-state index contributed by atoms with van der Waals surface area (Å²) in [7, 11) is 0. The van der Waals surface area contributed by atoms with Crippen LogP contribution in [0.25, 0.3) is 71.9 Å². The second-order valence-electron chi connectivity index (χ2n) is 12.8. The predicted molar refractivity (Wildman–Crippen MR) is 211 cm³/mol. The monoisotopic (exact) mass is 653 g/mol. The molecule has 10 aromatic rings. The Kier molecular flexibility index (Phi) is 6.78. The SMILES string of the molecule is c1ccc(-c2cccc(N(c3ccc4c(ccc5nc(-c6ccccc6)oc54)c3)c3ccc4c(c3)c3ccccc3n4-c3ccccc3)c2)cc1. The highest BCUT2D eigenvalue weighted by Gasteiger charge is 2.19. The quantitative estimate of drug-likeness (QED) is 0.179. The van der Waals surface area contributed by atoms with Crippen LogP contribution in [0.3, 0.4) is 0 Å². The van der Waals surface area contributed by atoms with Crippen LogP contribution in [0.5, 0.6) is 0 Å². The lowest BCUT2D eigenvalue weighted by atomic mass is 10.0. The Morgan fingerprint density at radius 1 is 0.431 bits per heavy atom. The van der Waals surface area contributed by atoms with Gasteiger partial charge in [0.1, 0.15) is 5.52 Å². The van der Waals surface area contributed by atoms with Crippen LogP contribution in [0.4, 0.5) is 17.1 Å². The van der Waals surface area contributed by atoms with Crippen LogP contribution in [0.2, 0.25) is 0 Å². The lowest BCUT2D eigenvalue weighted by molar-refractivity contribution is 0.623. The van der Waals surface area contributed by atoms with Crippen molar-refractivity contribution in [3.63, 3.8) is 0 Å². The molecule has 0 atom stereocenters. The smallest absolute Gasteiger partial charge is 0.227 e. The molecule has 0 aliphatic heterocycles. The summed E-state index contributed by atoms with van der Waals surface area (Å²) in [5, 5.41) is 4.54. The van der Waals surface area contributed by atoms with Gasteiger partial charge >= 0.3 is 0 Å². The Bertz CT molecular complexity index is 2850.